The number of terminal acetylenes is 1. The number of rotatable bonds is 5. The lowest BCUT2D eigenvalue weighted by Crippen LogP contribution is -2.25. The lowest BCUT2D eigenvalue weighted by molar-refractivity contribution is 0.504. The highest BCUT2D eigenvalue weighted by Crippen LogP contribution is 2.34. The maximum Gasteiger partial charge on any atom is 0.146 e. The molecule has 1 aliphatic rings. The highest BCUT2D eigenvalue weighted by atomic mass is 19.1. The van der Waals surface area contributed by atoms with Crippen molar-refractivity contribution in [2.75, 3.05) is 18.0 Å². The van der Waals surface area contributed by atoms with Crippen LogP contribution in [0, 0.1) is 18.2 Å². The van der Waals surface area contributed by atoms with Crippen molar-refractivity contribution in [3.63, 3.8) is 0 Å². The highest BCUT2D eigenvalue weighted by Gasteiger charge is 2.19. The molecule has 1 nitrogen and oxygen atoms in total. The normalized spacial score (nSPS) is 12.9. The first-order valence-corrected chi connectivity index (χ1v) is 10.1. The molecule has 3 rings (SSSR count). The first-order valence-electron chi connectivity index (χ1n) is 10.1. The van der Waals surface area contributed by atoms with E-state index in [1.165, 1.54) is 31.2 Å². The summed E-state index contributed by atoms with van der Waals surface area (Å²) in [6.45, 7) is 9.54. The number of halogens is 1. The van der Waals surface area contributed by atoms with Gasteiger partial charge in [0, 0.05) is 19.0 Å². The lowest BCUT2D eigenvalue weighted by Gasteiger charge is -2.27. The van der Waals surface area contributed by atoms with E-state index in [1.807, 2.05) is 24.3 Å². The molecule has 0 heterocycles. The number of nitrogens with zero attached hydrogens (tertiary/aromatic N) is 1. The van der Waals surface area contributed by atoms with Gasteiger partial charge in [-0.05, 0) is 38.0 Å². The quantitative estimate of drug-likeness (QED) is 0.513. The summed E-state index contributed by atoms with van der Waals surface area (Å²) in [4.78, 5) is 2.09. The summed E-state index contributed by atoms with van der Waals surface area (Å²) in [6, 6.07) is 15.7. The average Bonchev–Trinajstić information content (AvgIpc) is 2.63. The predicted molar refractivity (Wildman–Crippen MR) is 117 cm³/mol. The van der Waals surface area contributed by atoms with E-state index in [0.29, 0.717) is 0 Å². The maximum absolute atomic E-state index is 14.3. The Bertz CT molecular complexity index is 675. The van der Waals surface area contributed by atoms with Gasteiger partial charge in [-0.15, -0.1) is 12.3 Å². The number of benzene rings is 2. The van der Waals surface area contributed by atoms with Gasteiger partial charge in [0.15, 0.2) is 0 Å². The Kier molecular flexibility index (Phi) is 10.9. The standard InChI is InChI=1S/C18H22FN.C4H8.C3H4/c1-4-20(5-2)18-16(12-9-13-17(18)19)14(3)15-10-7-6-8-11-15;1-2-4-3-1;1-3-2/h6-14H,4-5H2,1-3H3;1-4H2;1H,2H3. The molecule has 0 radical (unpaired) electrons. The number of hydrogen-bond donors (Lipinski definition) is 0. The van der Waals surface area contributed by atoms with Gasteiger partial charge in [0.05, 0.1) is 5.69 Å². The van der Waals surface area contributed by atoms with Crippen LogP contribution in [0.15, 0.2) is 48.5 Å². The van der Waals surface area contributed by atoms with Crippen LogP contribution in [0.5, 0.6) is 0 Å². The van der Waals surface area contributed by atoms with Crippen molar-refractivity contribution in [3.8, 4) is 12.3 Å². The molecule has 1 fully saturated rings. The maximum atomic E-state index is 14.3. The smallest absolute Gasteiger partial charge is 0.146 e. The SMILES string of the molecule is C#CC.C1CCC1.CCN(CC)c1c(F)cccc1C(C)c1ccccc1. The van der Waals surface area contributed by atoms with Crippen molar-refractivity contribution in [1.82, 2.24) is 0 Å². The summed E-state index contributed by atoms with van der Waals surface area (Å²) in [6.07, 6.45) is 10.6. The van der Waals surface area contributed by atoms with Gasteiger partial charge in [-0.1, -0.05) is 75.1 Å². The Morgan fingerprint density at radius 2 is 1.48 bits per heavy atom. The number of hydrogen-bond acceptors (Lipinski definition) is 1. The van der Waals surface area contributed by atoms with Gasteiger partial charge in [-0.3, -0.25) is 0 Å². The summed E-state index contributed by atoms with van der Waals surface area (Å²) in [7, 11) is 0. The minimum absolute atomic E-state index is 0.131. The summed E-state index contributed by atoms with van der Waals surface area (Å²) >= 11 is 0. The summed E-state index contributed by atoms with van der Waals surface area (Å²) < 4.78 is 14.3. The van der Waals surface area contributed by atoms with E-state index in [-0.39, 0.29) is 11.7 Å². The Morgan fingerprint density at radius 1 is 0.963 bits per heavy atom. The predicted octanol–water partition coefficient (Wildman–Crippen LogP) is 7.02. The second-order valence-corrected chi connectivity index (χ2v) is 6.69. The van der Waals surface area contributed by atoms with Crippen LogP contribution in [-0.2, 0) is 0 Å². The third-order valence-corrected chi connectivity index (χ3v) is 4.86. The van der Waals surface area contributed by atoms with E-state index in [4.69, 9.17) is 0 Å². The zero-order chi connectivity index (χ0) is 20.1. The molecule has 2 aromatic rings. The highest BCUT2D eigenvalue weighted by molar-refractivity contribution is 5.58. The fourth-order valence-electron chi connectivity index (χ4n) is 2.93. The molecule has 0 bridgehead atoms. The van der Waals surface area contributed by atoms with Crippen LogP contribution in [0.1, 0.15) is 70.4 Å². The minimum Gasteiger partial charge on any atom is -0.369 e. The van der Waals surface area contributed by atoms with Crippen LogP contribution in [0.25, 0.3) is 0 Å². The zero-order valence-electron chi connectivity index (χ0n) is 17.3. The molecular weight excluding hydrogens is 333 g/mol. The largest absolute Gasteiger partial charge is 0.369 e. The minimum atomic E-state index is -0.131. The fraction of sp³-hybridized carbons (Fsp3) is 0.440. The van der Waals surface area contributed by atoms with Crippen molar-refractivity contribution < 1.29 is 4.39 Å². The monoisotopic (exact) mass is 367 g/mol. The van der Waals surface area contributed by atoms with Crippen LogP contribution in [-0.4, -0.2) is 13.1 Å². The molecule has 0 spiro atoms. The molecule has 2 aromatic carbocycles. The molecule has 146 valence electrons. The van der Waals surface area contributed by atoms with Crippen molar-refractivity contribution in [2.45, 2.75) is 59.3 Å². The van der Waals surface area contributed by atoms with Crippen LogP contribution >= 0.6 is 0 Å². The second kappa shape index (κ2) is 13.0. The Labute approximate surface area is 165 Å². The molecule has 27 heavy (non-hydrogen) atoms. The molecule has 0 amide bonds. The lowest BCUT2D eigenvalue weighted by atomic mass is 9.91. The third-order valence-electron chi connectivity index (χ3n) is 4.86. The van der Waals surface area contributed by atoms with Gasteiger partial charge in [0.1, 0.15) is 5.82 Å². The molecule has 2 heteroatoms. The van der Waals surface area contributed by atoms with Crippen molar-refractivity contribution in [2.24, 2.45) is 0 Å². The van der Waals surface area contributed by atoms with Gasteiger partial charge in [-0.25, -0.2) is 4.39 Å². The van der Waals surface area contributed by atoms with E-state index >= 15 is 0 Å². The Balaban J connectivity index is 0.000000440. The van der Waals surface area contributed by atoms with Crippen molar-refractivity contribution in [1.29, 1.82) is 0 Å². The van der Waals surface area contributed by atoms with Crippen molar-refractivity contribution in [3.05, 3.63) is 65.5 Å². The number of para-hydroxylation sites is 1. The number of anilines is 1. The topological polar surface area (TPSA) is 3.24 Å². The second-order valence-electron chi connectivity index (χ2n) is 6.69. The molecule has 1 atom stereocenters. The molecule has 1 unspecified atom stereocenters. The molecule has 0 saturated heterocycles. The average molecular weight is 368 g/mol. The van der Waals surface area contributed by atoms with Crippen LogP contribution in [0.4, 0.5) is 10.1 Å². The van der Waals surface area contributed by atoms with Crippen molar-refractivity contribution >= 4 is 5.69 Å². The van der Waals surface area contributed by atoms with Crippen LogP contribution in [0.2, 0.25) is 0 Å². The van der Waals surface area contributed by atoms with E-state index in [2.05, 4.69) is 50.1 Å². The summed E-state index contributed by atoms with van der Waals surface area (Å²) in [5.74, 6) is 2.30. The first-order chi connectivity index (χ1) is 13.1. The summed E-state index contributed by atoms with van der Waals surface area (Å²) in [5, 5.41) is 0. The molecule has 1 aliphatic carbocycles. The van der Waals surface area contributed by atoms with E-state index in [0.717, 1.165) is 24.3 Å². The van der Waals surface area contributed by atoms with Crippen LogP contribution < -0.4 is 4.90 Å². The van der Waals surface area contributed by atoms with E-state index < -0.39 is 0 Å². The van der Waals surface area contributed by atoms with Crippen LogP contribution in [0.3, 0.4) is 0 Å². The van der Waals surface area contributed by atoms with Gasteiger partial charge >= 0.3 is 0 Å². The molecule has 0 N–H and O–H groups in total. The summed E-state index contributed by atoms with van der Waals surface area (Å²) in [5.41, 5.74) is 3.01. The Morgan fingerprint density at radius 3 is 1.93 bits per heavy atom. The van der Waals surface area contributed by atoms with Gasteiger partial charge in [0.25, 0.3) is 0 Å². The Hall–Kier alpha value is -2.27. The van der Waals surface area contributed by atoms with Gasteiger partial charge in [0.2, 0.25) is 0 Å². The molecule has 0 aromatic heterocycles. The van der Waals surface area contributed by atoms with Gasteiger partial charge in [-0.2, -0.15) is 0 Å². The zero-order valence-corrected chi connectivity index (χ0v) is 17.3. The fourth-order valence-corrected chi connectivity index (χ4v) is 2.93. The first kappa shape index (κ1) is 22.8. The molecule has 0 aliphatic heterocycles. The molecular formula is C25H34FN. The van der Waals surface area contributed by atoms with Gasteiger partial charge < -0.3 is 4.90 Å². The molecule has 1 saturated carbocycles. The third kappa shape index (κ3) is 7.10. The van der Waals surface area contributed by atoms with E-state index in [1.54, 1.807) is 19.1 Å². The van der Waals surface area contributed by atoms with E-state index in [9.17, 15) is 4.39 Å².